The molecule has 1 spiro atoms. The summed E-state index contributed by atoms with van der Waals surface area (Å²) in [6.45, 7) is 4.67. The molecule has 11 nitrogen and oxygen atoms in total. The number of aliphatic hydroxyl groups excluding tert-OH is 1. The van der Waals surface area contributed by atoms with E-state index in [1.807, 2.05) is 92.7 Å². The molecule has 7 rings (SSSR count). The molecule has 5 heterocycles. The molecule has 0 aliphatic carbocycles. The summed E-state index contributed by atoms with van der Waals surface area (Å²) in [7, 11) is 0. The lowest BCUT2D eigenvalue weighted by atomic mass is 9.77. The summed E-state index contributed by atoms with van der Waals surface area (Å²) in [5, 5.41) is 19.0. The summed E-state index contributed by atoms with van der Waals surface area (Å²) in [6.07, 6.45) is 6.78. The molecule has 0 saturated carbocycles. The first kappa shape index (κ1) is 28.4. The molecule has 2 saturated heterocycles. The van der Waals surface area contributed by atoms with E-state index in [0.717, 1.165) is 11.1 Å². The Morgan fingerprint density at radius 3 is 2.48 bits per heavy atom. The number of aliphatic hydroxyl groups is 1. The lowest BCUT2D eigenvalue weighted by molar-refractivity contribution is -0.153. The summed E-state index contributed by atoms with van der Waals surface area (Å²) in [6, 6.07) is 15.6. The van der Waals surface area contributed by atoms with Crippen molar-refractivity contribution < 1.29 is 24.2 Å². The van der Waals surface area contributed by atoms with Gasteiger partial charge in [0.15, 0.2) is 0 Å². The van der Waals surface area contributed by atoms with Crippen LogP contribution in [-0.2, 0) is 32.3 Å². The van der Waals surface area contributed by atoms with Crippen LogP contribution in [0, 0.1) is 17.8 Å². The number of hydrogen-bond donors (Lipinski definition) is 1. The average Bonchev–Trinajstić information content (AvgIpc) is 3.58. The van der Waals surface area contributed by atoms with Crippen molar-refractivity contribution in [2.24, 2.45) is 17.8 Å². The topological polar surface area (TPSA) is 121 Å². The highest BCUT2D eigenvalue weighted by molar-refractivity contribution is 6.00. The number of fused-ring (bicyclic) bond motifs is 3. The Morgan fingerprint density at radius 1 is 0.955 bits per heavy atom. The number of ether oxygens (including phenoxy) is 1. The van der Waals surface area contributed by atoms with Crippen LogP contribution in [0.1, 0.15) is 19.4 Å². The molecule has 11 heteroatoms. The Morgan fingerprint density at radius 2 is 1.70 bits per heavy atom. The molecule has 2 fully saturated rings. The van der Waals surface area contributed by atoms with Crippen molar-refractivity contribution in [3.05, 3.63) is 84.5 Å². The van der Waals surface area contributed by atoms with Gasteiger partial charge in [0, 0.05) is 19.6 Å². The van der Waals surface area contributed by atoms with E-state index < -0.39 is 35.6 Å². The molecule has 2 aromatic carbocycles. The van der Waals surface area contributed by atoms with Crippen molar-refractivity contribution in [3.63, 3.8) is 0 Å². The van der Waals surface area contributed by atoms with Crippen molar-refractivity contribution in [1.82, 2.24) is 29.7 Å². The van der Waals surface area contributed by atoms with E-state index in [1.165, 1.54) is 4.90 Å². The molecule has 3 amide bonds. The Bertz CT molecular complexity index is 1650. The van der Waals surface area contributed by atoms with Gasteiger partial charge in [-0.15, -0.1) is 5.10 Å². The van der Waals surface area contributed by atoms with Gasteiger partial charge in [-0.3, -0.25) is 14.4 Å². The predicted molar refractivity (Wildman–Crippen MR) is 160 cm³/mol. The van der Waals surface area contributed by atoms with Crippen molar-refractivity contribution >= 4 is 28.8 Å². The first-order chi connectivity index (χ1) is 21.3. The van der Waals surface area contributed by atoms with Gasteiger partial charge in [0.1, 0.15) is 23.8 Å². The Labute approximate surface area is 255 Å². The zero-order chi connectivity index (χ0) is 30.6. The molecule has 4 aliphatic rings. The molecular formula is C33H36N6O5. The van der Waals surface area contributed by atoms with Gasteiger partial charge in [-0.05, 0) is 23.6 Å². The van der Waals surface area contributed by atoms with E-state index in [1.54, 1.807) is 14.5 Å². The molecule has 1 N–H and O–H groups in total. The first-order valence-corrected chi connectivity index (χ1v) is 15.2. The number of nitrogens with zero attached hydrogens (tertiary/aromatic N) is 6. The van der Waals surface area contributed by atoms with Gasteiger partial charge in [-0.2, -0.15) is 0 Å². The molecule has 44 heavy (non-hydrogen) atoms. The zero-order valence-corrected chi connectivity index (χ0v) is 24.8. The Balaban J connectivity index is 1.28. The van der Waals surface area contributed by atoms with Gasteiger partial charge < -0.3 is 24.5 Å². The number of carbonyl (C=O) groups is 3. The van der Waals surface area contributed by atoms with Gasteiger partial charge in [-0.1, -0.05) is 85.8 Å². The number of rotatable bonds is 7. The van der Waals surface area contributed by atoms with Crippen molar-refractivity contribution in [2.75, 3.05) is 19.7 Å². The minimum absolute atomic E-state index is 0.116. The SMILES string of the molecule is CC(C)[C@H](CO)N1C(=O)[C@@H]2[C@H]3C(=O)N(Cc4ccccc4)CC=C[C@H]3O[C@@]23C=CCN(Cn2nnc4ccccc42)C(=O)C13. The maximum Gasteiger partial charge on any atom is 0.250 e. The third-order valence-corrected chi connectivity index (χ3v) is 9.52. The number of amides is 3. The fourth-order valence-corrected chi connectivity index (χ4v) is 7.41. The fourth-order valence-electron chi connectivity index (χ4n) is 7.41. The van der Waals surface area contributed by atoms with E-state index in [4.69, 9.17) is 4.74 Å². The van der Waals surface area contributed by atoms with E-state index in [0.29, 0.717) is 18.6 Å². The summed E-state index contributed by atoms with van der Waals surface area (Å²) in [4.78, 5) is 48.4. The highest BCUT2D eigenvalue weighted by Gasteiger charge is 2.72. The number of hydrogen-bond acceptors (Lipinski definition) is 7. The van der Waals surface area contributed by atoms with Gasteiger partial charge >= 0.3 is 0 Å². The number of para-hydroxylation sites is 1. The van der Waals surface area contributed by atoms with Crippen LogP contribution in [0.3, 0.4) is 0 Å². The van der Waals surface area contributed by atoms with Crippen LogP contribution in [0.25, 0.3) is 11.0 Å². The van der Waals surface area contributed by atoms with E-state index in [-0.39, 0.29) is 43.5 Å². The van der Waals surface area contributed by atoms with E-state index >= 15 is 0 Å². The Hall–Kier alpha value is -4.35. The smallest absolute Gasteiger partial charge is 0.250 e. The highest BCUT2D eigenvalue weighted by atomic mass is 16.5. The number of aromatic nitrogens is 3. The number of carbonyl (C=O) groups excluding carboxylic acids is 3. The van der Waals surface area contributed by atoms with Crippen LogP contribution in [0.5, 0.6) is 0 Å². The lowest BCUT2D eigenvalue weighted by Crippen LogP contribution is -2.59. The summed E-state index contributed by atoms with van der Waals surface area (Å²) in [5.41, 5.74) is 1.11. The maximum atomic E-state index is 14.6. The second-order valence-corrected chi connectivity index (χ2v) is 12.4. The summed E-state index contributed by atoms with van der Waals surface area (Å²) in [5.74, 6) is -2.73. The first-order valence-electron chi connectivity index (χ1n) is 15.2. The zero-order valence-electron chi connectivity index (χ0n) is 24.8. The average molecular weight is 597 g/mol. The van der Waals surface area contributed by atoms with Crippen LogP contribution >= 0.6 is 0 Å². The molecule has 6 atom stereocenters. The largest absolute Gasteiger partial charge is 0.394 e. The quantitative estimate of drug-likeness (QED) is 0.414. The van der Waals surface area contributed by atoms with Crippen LogP contribution in [0.4, 0.5) is 0 Å². The van der Waals surface area contributed by atoms with Gasteiger partial charge in [0.25, 0.3) is 5.91 Å². The molecule has 1 aromatic heterocycles. The molecule has 0 radical (unpaired) electrons. The number of benzene rings is 2. The third-order valence-electron chi connectivity index (χ3n) is 9.52. The maximum absolute atomic E-state index is 14.6. The normalized spacial score (nSPS) is 28.8. The minimum atomic E-state index is -1.37. The van der Waals surface area contributed by atoms with Crippen molar-refractivity contribution in [3.8, 4) is 0 Å². The molecule has 3 aromatic rings. The van der Waals surface area contributed by atoms with Crippen molar-refractivity contribution in [1.29, 1.82) is 0 Å². The second-order valence-electron chi connectivity index (χ2n) is 12.4. The number of likely N-dealkylation sites (tertiary alicyclic amines) is 1. The molecule has 1 unspecified atom stereocenters. The monoisotopic (exact) mass is 596 g/mol. The van der Waals surface area contributed by atoms with E-state index in [2.05, 4.69) is 10.3 Å². The standard InChI is InChI=1S/C33H36N6O5/c1-21(2)25(19-40)39-29-32(43)37(20-38-24-13-7-6-12-23(24)34-35-38)17-9-15-33(29)28(31(39)42)27-26(44-33)14-8-16-36(30(27)41)18-22-10-4-3-5-11-22/h3-15,21,25-29,40H,16-20H2,1-2H3/t25-,26+,27-,28-,29?,33-/m0/s1. The lowest BCUT2D eigenvalue weighted by Gasteiger charge is -2.39. The molecule has 228 valence electrons. The van der Waals surface area contributed by atoms with E-state index in [9.17, 15) is 19.5 Å². The molecular weight excluding hydrogens is 560 g/mol. The summed E-state index contributed by atoms with van der Waals surface area (Å²) < 4.78 is 8.43. The van der Waals surface area contributed by atoms with Crippen LogP contribution in [0.2, 0.25) is 0 Å². The minimum Gasteiger partial charge on any atom is -0.394 e. The Kier molecular flexibility index (Phi) is 7.09. The molecule has 0 bridgehead atoms. The van der Waals surface area contributed by atoms with Crippen molar-refractivity contribution in [2.45, 2.75) is 50.8 Å². The highest BCUT2D eigenvalue weighted by Crippen LogP contribution is 2.54. The van der Waals surface area contributed by atoms with Crippen LogP contribution in [-0.4, -0.2) is 96.0 Å². The van der Waals surface area contributed by atoms with Gasteiger partial charge in [0.2, 0.25) is 11.8 Å². The van der Waals surface area contributed by atoms with Crippen LogP contribution < -0.4 is 0 Å². The summed E-state index contributed by atoms with van der Waals surface area (Å²) >= 11 is 0. The third kappa shape index (κ3) is 4.36. The second kappa shape index (κ2) is 11.0. The van der Waals surface area contributed by atoms with Gasteiger partial charge in [-0.25, -0.2) is 4.68 Å². The fraction of sp³-hybridized carbons (Fsp3) is 0.424. The van der Waals surface area contributed by atoms with Gasteiger partial charge in [0.05, 0.1) is 36.1 Å². The predicted octanol–water partition coefficient (Wildman–Crippen LogP) is 1.98. The van der Waals surface area contributed by atoms with Crippen LogP contribution in [0.15, 0.2) is 78.9 Å². The molecule has 4 aliphatic heterocycles.